The summed E-state index contributed by atoms with van der Waals surface area (Å²) in [6, 6.07) is 2.92. The summed E-state index contributed by atoms with van der Waals surface area (Å²) >= 11 is 12.6. The first-order chi connectivity index (χ1) is 8.00. The van der Waals surface area contributed by atoms with Crippen molar-refractivity contribution < 1.29 is 9.18 Å². The number of thioether (sulfide) groups is 1. The fourth-order valence-corrected chi connectivity index (χ4v) is 2.03. The van der Waals surface area contributed by atoms with Gasteiger partial charge in [0.2, 0.25) is 0 Å². The van der Waals surface area contributed by atoms with Crippen molar-refractivity contribution in [3.05, 3.63) is 39.6 Å². The van der Waals surface area contributed by atoms with Gasteiger partial charge in [-0.2, -0.15) is 0 Å². The van der Waals surface area contributed by atoms with E-state index in [4.69, 9.17) is 23.2 Å². The molecule has 1 aromatic carbocycles. The Balaban J connectivity index is 2.57. The first-order valence-electron chi connectivity index (χ1n) is 4.95. The molecule has 0 aromatic heterocycles. The lowest BCUT2D eigenvalue weighted by Crippen LogP contribution is -1.84. The molecule has 0 N–H and O–H groups in total. The number of benzene rings is 1. The molecule has 0 bridgehead atoms. The highest BCUT2D eigenvalue weighted by Crippen LogP contribution is 2.26. The fourth-order valence-electron chi connectivity index (χ4n) is 1.16. The fraction of sp³-hybridized carbons (Fsp3) is 0.250. The van der Waals surface area contributed by atoms with Crippen LogP contribution < -0.4 is 0 Å². The zero-order valence-corrected chi connectivity index (χ0v) is 11.5. The van der Waals surface area contributed by atoms with Gasteiger partial charge in [0.1, 0.15) is 5.82 Å². The molecule has 0 radical (unpaired) electrons. The number of hydrogen-bond acceptors (Lipinski definition) is 2. The maximum Gasteiger partial charge on any atom is 0.185 e. The van der Waals surface area contributed by atoms with E-state index in [-0.39, 0.29) is 15.2 Å². The first-order valence-corrected chi connectivity index (χ1v) is 6.69. The Labute approximate surface area is 114 Å². The average molecular weight is 293 g/mol. The molecular formula is C12H11Cl2FOS. The second kappa shape index (κ2) is 7.04. The van der Waals surface area contributed by atoms with Gasteiger partial charge < -0.3 is 0 Å². The van der Waals surface area contributed by atoms with Crippen LogP contribution in [0.2, 0.25) is 10.0 Å². The lowest BCUT2D eigenvalue weighted by molar-refractivity contribution is -0.109. The van der Waals surface area contributed by atoms with Gasteiger partial charge in [-0.15, -0.1) is 0 Å². The zero-order valence-electron chi connectivity index (χ0n) is 9.17. The highest BCUT2D eigenvalue weighted by molar-refractivity contribution is 8.13. The standard InChI is InChI=1S/C12H11Cl2FOS/c1-8(16)17-5-3-2-4-9-6-10(13)12(14)11(15)7-9/h2,4,6-7H,3,5H2,1H3. The zero-order chi connectivity index (χ0) is 12.8. The second-order valence-electron chi connectivity index (χ2n) is 3.33. The van der Waals surface area contributed by atoms with Crippen LogP contribution in [0, 0.1) is 5.82 Å². The van der Waals surface area contributed by atoms with Gasteiger partial charge in [0.25, 0.3) is 0 Å². The minimum absolute atomic E-state index is 0.0593. The van der Waals surface area contributed by atoms with E-state index < -0.39 is 5.82 Å². The molecule has 0 amide bonds. The Bertz CT molecular complexity index is 423. The highest BCUT2D eigenvalue weighted by Gasteiger charge is 2.05. The summed E-state index contributed by atoms with van der Waals surface area (Å²) in [6.07, 6.45) is 4.37. The molecule has 0 saturated heterocycles. The van der Waals surface area contributed by atoms with Crippen molar-refractivity contribution in [3.8, 4) is 0 Å². The van der Waals surface area contributed by atoms with E-state index in [1.165, 1.54) is 24.8 Å². The van der Waals surface area contributed by atoms with Gasteiger partial charge in [-0.05, 0) is 24.1 Å². The third kappa shape index (κ3) is 5.11. The third-order valence-electron chi connectivity index (χ3n) is 1.91. The Morgan fingerprint density at radius 3 is 2.76 bits per heavy atom. The molecule has 92 valence electrons. The van der Waals surface area contributed by atoms with Crippen LogP contribution in [-0.2, 0) is 4.79 Å². The number of allylic oxidation sites excluding steroid dienone is 1. The maximum absolute atomic E-state index is 13.2. The number of halogens is 3. The lowest BCUT2D eigenvalue weighted by atomic mass is 10.2. The van der Waals surface area contributed by atoms with Crippen molar-refractivity contribution in [1.29, 1.82) is 0 Å². The van der Waals surface area contributed by atoms with Crippen LogP contribution in [0.3, 0.4) is 0 Å². The molecule has 0 atom stereocenters. The normalized spacial score (nSPS) is 11.1. The summed E-state index contributed by atoms with van der Waals surface area (Å²) in [5.41, 5.74) is 0.657. The Morgan fingerprint density at radius 2 is 2.18 bits per heavy atom. The molecular weight excluding hydrogens is 282 g/mol. The molecule has 0 aliphatic rings. The monoisotopic (exact) mass is 292 g/mol. The van der Waals surface area contributed by atoms with E-state index in [9.17, 15) is 9.18 Å². The summed E-state index contributed by atoms with van der Waals surface area (Å²) in [5.74, 6) is 0.187. The van der Waals surface area contributed by atoms with Gasteiger partial charge >= 0.3 is 0 Å². The predicted octanol–water partition coefficient (Wildman–Crippen LogP) is 4.82. The van der Waals surface area contributed by atoms with E-state index in [1.54, 1.807) is 12.1 Å². The molecule has 1 aromatic rings. The topological polar surface area (TPSA) is 17.1 Å². The van der Waals surface area contributed by atoms with Gasteiger partial charge in [-0.3, -0.25) is 4.79 Å². The lowest BCUT2D eigenvalue weighted by Gasteiger charge is -2.00. The molecule has 0 aliphatic carbocycles. The third-order valence-corrected chi connectivity index (χ3v) is 3.53. The molecule has 0 saturated carbocycles. The van der Waals surface area contributed by atoms with Crippen molar-refractivity contribution >= 4 is 46.2 Å². The molecule has 0 fully saturated rings. The van der Waals surface area contributed by atoms with Gasteiger partial charge in [-0.25, -0.2) is 4.39 Å². The quantitative estimate of drug-likeness (QED) is 0.585. The largest absolute Gasteiger partial charge is 0.288 e. The van der Waals surface area contributed by atoms with Crippen LogP contribution >= 0.6 is 35.0 Å². The SMILES string of the molecule is CC(=O)SCCC=Cc1cc(F)c(Cl)c(Cl)c1. The van der Waals surface area contributed by atoms with Crippen molar-refractivity contribution in [2.24, 2.45) is 0 Å². The van der Waals surface area contributed by atoms with Crippen LogP contribution in [-0.4, -0.2) is 10.9 Å². The molecule has 0 unspecified atom stereocenters. The van der Waals surface area contributed by atoms with Gasteiger partial charge in [0.15, 0.2) is 5.12 Å². The van der Waals surface area contributed by atoms with Crippen molar-refractivity contribution in [2.45, 2.75) is 13.3 Å². The summed E-state index contributed by atoms with van der Waals surface area (Å²) in [5, 5.41) is 0.236. The van der Waals surface area contributed by atoms with Crippen molar-refractivity contribution in [1.82, 2.24) is 0 Å². The maximum atomic E-state index is 13.2. The van der Waals surface area contributed by atoms with Crippen molar-refractivity contribution in [3.63, 3.8) is 0 Å². The molecule has 17 heavy (non-hydrogen) atoms. The number of hydrogen-bond donors (Lipinski definition) is 0. The Morgan fingerprint density at radius 1 is 1.47 bits per heavy atom. The van der Waals surface area contributed by atoms with E-state index >= 15 is 0 Å². The van der Waals surface area contributed by atoms with Crippen LogP contribution in [0.5, 0.6) is 0 Å². The minimum atomic E-state index is -0.531. The van der Waals surface area contributed by atoms with E-state index in [0.29, 0.717) is 5.56 Å². The van der Waals surface area contributed by atoms with Crippen LogP contribution in [0.1, 0.15) is 18.9 Å². The first kappa shape index (κ1) is 14.6. The van der Waals surface area contributed by atoms with Crippen LogP contribution in [0.15, 0.2) is 18.2 Å². The number of carbonyl (C=O) groups is 1. The molecule has 0 spiro atoms. The van der Waals surface area contributed by atoms with Gasteiger partial charge in [0.05, 0.1) is 10.0 Å². The van der Waals surface area contributed by atoms with E-state index in [2.05, 4.69) is 0 Å². The predicted molar refractivity (Wildman–Crippen MR) is 73.2 cm³/mol. The molecule has 5 heteroatoms. The van der Waals surface area contributed by atoms with E-state index in [0.717, 1.165) is 12.2 Å². The smallest absolute Gasteiger partial charge is 0.185 e. The second-order valence-corrected chi connectivity index (χ2v) is 5.39. The average Bonchev–Trinajstić information content (AvgIpc) is 2.25. The number of rotatable bonds is 4. The van der Waals surface area contributed by atoms with Crippen LogP contribution in [0.4, 0.5) is 4.39 Å². The van der Waals surface area contributed by atoms with Gasteiger partial charge in [0, 0.05) is 12.7 Å². The summed E-state index contributed by atoms with van der Waals surface area (Å²) in [4.78, 5) is 10.7. The Hall–Kier alpha value is -0.510. The molecule has 0 aliphatic heterocycles. The van der Waals surface area contributed by atoms with E-state index in [1.807, 2.05) is 6.08 Å². The summed E-state index contributed by atoms with van der Waals surface area (Å²) in [6.45, 7) is 1.53. The van der Waals surface area contributed by atoms with Crippen LogP contribution in [0.25, 0.3) is 6.08 Å². The summed E-state index contributed by atoms with van der Waals surface area (Å²) in [7, 11) is 0. The minimum Gasteiger partial charge on any atom is -0.288 e. The highest BCUT2D eigenvalue weighted by atomic mass is 35.5. The number of carbonyl (C=O) groups excluding carboxylic acids is 1. The molecule has 1 rings (SSSR count). The molecule has 0 heterocycles. The summed E-state index contributed by atoms with van der Waals surface area (Å²) < 4.78 is 13.2. The molecule has 1 nitrogen and oxygen atoms in total. The van der Waals surface area contributed by atoms with Gasteiger partial charge in [-0.1, -0.05) is 47.1 Å². The van der Waals surface area contributed by atoms with Crippen molar-refractivity contribution in [2.75, 3.05) is 5.75 Å². The Kier molecular flexibility index (Phi) is 6.03.